The van der Waals surface area contributed by atoms with E-state index >= 15 is 0 Å². The van der Waals surface area contributed by atoms with Crippen molar-refractivity contribution in [1.29, 1.82) is 0 Å². The number of aromatic nitrogens is 2. The molecule has 2 aromatic rings. The summed E-state index contributed by atoms with van der Waals surface area (Å²) in [5, 5.41) is 1.16. The molecule has 0 aliphatic carbocycles. The fourth-order valence-electron chi connectivity index (χ4n) is 1.65. The lowest BCUT2D eigenvalue weighted by Crippen LogP contribution is -2.11. The minimum atomic E-state index is 0.00333. The van der Waals surface area contributed by atoms with E-state index in [1.165, 1.54) is 0 Å². The van der Waals surface area contributed by atoms with E-state index in [1.54, 1.807) is 18.5 Å². The molecule has 0 saturated heterocycles. The van der Waals surface area contributed by atoms with Crippen LogP contribution < -0.4 is 0 Å². The summed E-state index contributed by atoms with van der Waals surface area (Å²) < 4.78 is 0. The summed E-state index contributed by atoms with van der Waals surface area (Å²) in [7, 11) is 0. The zero-order valence-corrected chi connectivity index (χ0v) is 12.0. The maximum atomic E-state index is 6.31. The van der Waals surface area contributed by atoms with Crippen molar-refractivity contribution in [3.05, 3.63) is 46.2 Å². The zero-order chi connectivity index (χ0) is 13.3. The van der Waals surface area contributed by atoms with Crippen molar-refractivity contribution >= 4 is 23.2 Å². The van der Waals surface area contributed by atoms with Gasteiger partial charge >= 0.3 is 0 Å². The highest BCUT2D eigenvalue weighted by atomic mass is 35.5. The fraction of sp³-hybridized carbons (Fsp3) is 0.286. The molecule has 4 heteroatoms. The molecule has 0 fully saturated rings. The van der Waals surface area contributed by atoms with E-state index in [0.29, 0.717) is 21.4 Å². The van der Waals surface area contributed by atoms with Gasteiger partial charge in [0.1, 0.15) is 0 Å². The van der Waals surface area contributed by atoms with Crippen molar-refractivity contribution in [3.8, 4) is 11.4 Å². The molecule has 0 saturated carbocycles. The Morgan fingerprint density at radius 1 is 0.944 bits per heavy atom. The molecule has 0 bridgehead atoms. The van der Waals surface area contributed by atoms with Crippen LogP contribution in [0.25, 0.3) is 11.4 Å². The molecule has 0 aliphatic heterocycles. The summed E-state index contributed by atoms with van der Waals surface area (Å²) in [5.74, 6) is 0.549. The van der Waals surface area contributed by atoms with Gasteiger partial charge in [0, 0.05) is 12.4 Å². The van der Waals surface area contributed by atoms with Crippen LogP contribution in [-0.2, 0) is 5.41 Å². The molecule has 1 aromatic carbocycles. The van der Waals surface area contributed by atoms with Crippen molar-refractivity contribution in [2.45, 2.75) is 26.2 Å². The minimum absolute atomic E-state index is 0.00333. The van der Waals surface area contributed by atoms with E-state index in [2.05, 4.69) is 30.7 Å². The highest BCUT2D eigenvalue weighted by molar-refractivity contribution is 6.39. The summed E-state index contributed by atoms with van der Waals surface area (Å²) in [5.41, 5.74) is 1.78. The number of halogens is 2. The van der Waals surface area contributed by atoms with Gasteiger partial charge in [-0.05, 0) is 29.2 Å². The SMILES string of the molecule is CC(C)(C)c1cc(Cl)c(-c2ncccn2)c(Cl)c1. The monoisotopic (exact) mass is 280 g/mol. The molecular formula is C14H14Cl2N2. The first kappa shape index (κ1) is 13.3. The predicted octanol–water partition coefficient (Wildman–Crippen LogP) is 4.75. The third-order valence-corrected chi connectivity index (χ3v) is 3.29. The van der Waals surface area contributed by atoms with Crippen molar-refractivity contribution < 1.29 is 0 Å². The average molecular weight is 281 g/mol. The van der Waals surface area contributed by atoms with Gasteiger partial charge in [-0.1, -0.05) is 44.0 Å². The van der Waals surface area contributed by atoms with Crippen LogP contribution in [0.3, 0.4) is 0 Å². The average Bonchev–Trinajstić information content (AvgIpc) is 2.28. The Morgan fingerprint density at radius 3 is 1.89 bits per heavy atom. The third-order valence-electron chi connectivity index (χ3n) is 2.70. The van der Waals surface area contributed by atoms with Crippen molar-refractivity contribution in [2.24, 2.45) is 0 Å². The highest BCUT2D eigenvalue weighted by Crippen LogP contribution is 2.37. The third kappa shape index (κ3) is 2.65. The number of benzene rings is 1. The topological polar surface area (TPSA) is 25.8 Å². The zero-order valence-electron chi connectivity index (χ0n) is 10.5. The molecule has 0 amide bonds. The molecule has 0 atom stereocenters. The van der Waals surface area contributed by atoms with Gasteiger partial charge in [0.15, 0.2) is 5.82 Å². The summed E-state index contributed by atoms with van der Waals surface area (Å²) in [6.45, 7) is 6.36. The number of hydrogen-bond donors (Lipinski definition) is 0. The van der Waals surface area contributed by atoms with Gasteiger partial charge in [-0.2, -0.15) is 0 Å². The van der Waals surface area contributed by atoms with Gasteiger partial charge in [-0.3, -0.25) is 0 Å². The highest BCUT2D eigenvalue weighted by Gasteiger charge is 2.19. The molecule has 1 heterocycles. The fourth-order valence-corrected chi connectivity index (χ4v) is 2.30. The molecule has 2 nitrogen and oxygen atoms in total. The van der Waals surface area contributed by atoms with Crippen LogP contribution >= 0.6 is 23.2 Å². The van der Waals surface area contributed by atoms with Crippen LogP contribution in [0.4, 0.5) is 0 Å². The Balaban J connectivity index is 2.59. The molecule has 0 unspecified atom stereocenters. The van der Waals surface area contributed by atoms with E-state index in [-0.39, 0.29) is 5.41 Å². The van der Waals surface area contributed by atoms with E-state index in [4.69, 9.17) is 23.2 Å². The lowest BCUT2D eigenvalue weighted by atomic mass is 9.86. The molecule has 18 heavy (non-hydrogen) atoms. The molecule has 0 radical (unpaired) electrons. The van der Waals surface area contributed by atoms with Crippen molar-refractivity contribution in [2.75, 3.05) is 0 Å². The molecule has 94 valence electrons. The van der Waals surface area contributed by atoms with E-state index in [0.717, 1.165) is 5.56 Å². The Labute approximate surface area is 117 Å². The second kappa shape index (κ2) is 4.87. The van der Waals surface area contributed by atoms with Crippen molar-refractivity contribution in [3.63, 3.8) is 0 Å². The standard InChI is InChI=1S/C14H14Cl2N2/c1-14(2,3)9-7-10(15)12(11(16)8-9)13-17-5-4-6-18-13/h4-8H,1-3H3. The van der Waals surface area contributed by atoms with Crippen LogP contribution in [0.15, 0.2) is 30.6 Å². The van der Waals surface area contributed by atoms with Crippen LogP contribution in [-0.4, -0.2) is 9.97 Å². The first-order valence-electron chi connectivity index (χ1n) is 5.66. The number of hydrogen-bond acceptors (Lipinski definition) is 2. The van der Waals surface area contributed by atoms with E-state index in [9.17, 15) is 0 Å². The lowest BCUT2D eigenvalue weighted by Gasteiger charge is -2.20. The Morgan fingerprint density at radius 2 is 1.44 bits per heavy atom. The molecule has 0 aliphatic rings. The van der Waals surface area contributed by atoms with Crippen LogP contribution in [0.2, 0.25) is 10.0 Å². The van der Waals surface area contributed by atoms with Gasteiger partial charge in [0.05, 0.1) is 15.6 Å². The smallest absolute Gasteiger partial charge is 0.162 e. The second-order valence-electron chi connectivity index (χ2n) is 5.14. The second-order valence-corrected chi connectivity index (χ2v) is 5.95. The molecule has 0 N–H and O–H groups in total. The molecule has 0 spiro atoms. The minimum Gasteiger partial charge on any atom is -0.236 e. The van der Waals surface area contributed by atoms with Crippen molar-refractivity contribution in [1.82, 2.24) is 9.97 Å². The Bertz CT molecular complexity index is 537. The van der Waals surface area contributed by atoms with E-state index in [1.807, 2.05) is 12.1 Å². The molecular weight excluding hydrogens is 267 g/mol. The van der Waals surface area contributed by atoms with Gasteiger partial charge in [0.25, 0.3) is 0 Å². The van der Waals surface area contributed by atoms with Gasteiger partial charge in [-0.25, -0.2) is 9.97 Å². The number of rotatable bonds is 1. The maximum absolute atomic E-state index is 6.31. The van der Waals surface area contributed by atoms with E-state index < -0.39 is 0 Å². The van der Waals surface area contributed by atoms with Gasteiger partial charge < -0.3 is 0 Å². The Kier molecular flexibility index (Phi) is 3.60. The van der Waals surface area contributed by atoms with Gasteiger partial charge in [0.2, 0.25) is 0 Å². The maximum Gasteiger partial charge on any atom is 0.162 e. The van der Waals surface area contributed by atoms with Crippen LogP contribution in [0, 0.1) is 0 Å². The largest absolute Gasteiger partial charge is 0.236 e. The first-order valence-corrected chi connectivity index (χ1v) is 6.42. The summed E-state index contributed by atoms with van der Waals surface area (Å²) >= 11 is 12.6. The van der Waals surface area contributed by atoms with Crippen LogP contribution in [0.1, 0.15) is 26.3 Å². The Hall–Kier alpha value is -1.12. The molecule has 1 aromatic heterocycles. The quantitative estimate of drug-likeness (QED) is 0.754. The van der Waals surface area contributed by atoms with Gasteiger partial charge in [-0.15, -0.1) is 0 Å². The summed E-state index contributed by atoms with van der Waals surface area (Å²) in [4.78, 5) is 8.36. The number of nitrogens with zero attached hydrogens (tertiary/aromatic N) is 2. The first-order chi connectivity index (χ1) is 8.39. The summed E-state index contributed by atoms with van der Waals surface area (Å²) in [6.07, 6.45) is 3.35. The summed E-state index contributed by atoms with van der Waals surface area (Å²) in [6, 6.07) is 5.62. The predicted molar refractivity (Wildman–Crippen MR) is 76.2 cm³/mol. The molecule has 2 rings (SSSR count). The van der Waals surface area contributed by atoms with Crippen LogP contribution in [0.5, 0.6) is 0 Å². The lowest BCUT2D eigenvalue weighted by molar-refractivity contribution is 0.590. The normalized spacial score (nSPS) is 11.6.